The van der Waals surface area contributed by atoms with Crippen LogP contribution in [0.3, 0.4) is 0 Å². The molecule has 0 unspecified atom stereocenters. The lowest BCUT2D eigenvalue weighted by Gasteiger charge is -2.09. The highest BCUT2D eigenvalue weighted by Gasteiger charge is 2.08. The number of aromatic nitrogens is 5. The summed E-state index contributed by atoms with van der Waals surface area (Å²) in [5, 5.41) is 16.8. The molecule has 29 heavy (non-hydrogen) atoms. The summed E-state index contributed by atoms with van der Waals surface area (Å²) in [6.07, 6.45) is 3.35. The van der Waals surface area contributed by atoms with E-state index in [1.807, 2.05) is 37.3 Å². The van der Waals surface area contributed by atoms with Crippen LogP contribution >= 0.6 is 0 Å². The number of nitriles is 1. The molecule has 0 amide bonds. The minimum absolute atomic E-state index is 0.456. The number of aryl methyl sites for hydroxylation is 1. The van der Waals surface area contributed by atoms with Crippen LogP contribution in [0.4, 0.5) is 11.6 Å². The van der Waals surface area contributed by atoms with Crippen LogP contribution in [0.1, 0.15) is 11.4 Å². The molecule has 0 aliphatic rings. The second-order valence-corrected chi connectivity index (χ2v) is 6.20. The van der Waals surface area contributed by atoms with Gasteiger partial charge in [0.1, 0.15) is 24.0 Å². The lowest BCUT2D eigenvalue weighted by atomic mass is 10.1. The van der Waals surface area contributed by atoms with Crippen molar-refractivity contribution in [3.63, 3.8) is 0 Å². The molecule has 0 aliphatic heterocycles. The Bertz CT molecular complexity index is 1190. The first-order valence-corrected chi connectivity index (χ1v) is 8.83. The van der Waals surface area contributed by atoms with Crippen LogP contribution in [-0.4, -0.2) is 31.8 Å². The third-order valence-electron chi connectivity index (χ3n) is 4.27. The zero-order valence-electron chi connectivity index (χ0n) is 15.9. The van der Waals surface area contributed by atoms with Gasteiger partial charge in [0.25, 0.3) is 0 Å². The molecule has 4 rings (SSSR count). The van der Waals surface area contributed by atoms with Gasteiger partial charge in [-0.1, -0.05) is 0 Å². The van der Waals surface area contributed by atoms with Gasteiger partial charge in [-0.2, -0.15) is 10.4 Å². The van der Waals surface area contributed by atoms with Crippen LogP contribution in [0.5, 0.6) is 5.75 Å². The van der Waals surface area contributed by atoms with Crippen LogP contribution < -0.4 is 10.1 Å². The highest BCUT2D eigenvalue weighted by atomic mass is 16.5. The third-order valence-corrected chi connectivity index (χ3v) is 4.27. The number of benzene rings is 2. The molecule has 0 bridgehead atoms. The quantitative estimate of drug-likeness (QED) is 0.561. The van der Waals surface area contributed by atoms with E-state index in [0.717, 1.165) is 22.8 Å². The third kappa shape index (κ3) is 3.89. The van der Waals surface area contributed by atoms with Crippen LogP contribution in [0.2, 0.25) is 0 Å². The van der Waals surface area contributed by atoms with E-state index in [0.29, 0.717) is 23.0 Å². The summed E-state index contributed by atoms with van der Waals surface area (Å²) in [4.78, 5) is 13.0. The van der Waals surface area contributed by atoms with Gasteiger partial charge in [0, 0.05) is 17.4 Å². The maximum absolute atomic E-state index is 9.29. The van der Waals surface area contributed by atoms with Crippen LogP contribution in [-0.2, 0) is 0 Å². The van der Waals surface area contributed by atoms with Crippen molar-refractivity contribution in [2.75, 3.05) is 12.4 Å². The van der Waals surface area contributed by atoms with E-state index in [1.165, 1.54) is 7.11 Å². The zero-order chi connectivity index (χ0) is 20.2. The molecule has 0 fully saturated rings. The second-order valence-electron chi connectivity index (χ2n) is 6.20. The molecule has 0 saturated heterocycles. The summed E-state index contributed by atoms with van der Waals surface area (Å²) in [5.74, 6) is 1.71. The van der Waals surface area contributed by atoms with Crippen LogP contribution in [0.15, 0.2) is 61.1 Å². The Hall–Kier alpha value is -4.25. The van der Waals surface area contributed by atoms with Crippen molar-refractivity contribution in [1.82, 2.24) is 24.7 Å². The minimum Gasteiger partial charge on any atom is -0.495 e. The Morgan fingerprint density at radius 2 is 1.90 bits per heavy atom. The van der Waals surface area contributed by atoms with Gasteiger partial charge in [0.2, 0.25) is 5.95 Å². The first kappa shape index (κ1) is 18.1. The topological polar surface area (TPSA) is 102 Å². The van der Waals surface area contributed by atoms with Gasteiger partial charge in [-0.05, 0) is 55.5 Å². The smallest absolute Gasteiger partial charge is 0.227 e. The second kappa shape index (κ2) is 7.78. The standard InChI is InChI=1S/C21H17N7O/c1-14-24-13-28(27-14)18-6-4-17(5-7-18)25-21-23-10-9-19(26-21)15-3-8-20(29-2)16(11-15)12-22/h3-11,13H,1-2H3,(H,23,25,26). The molecule has 0 spiro atoms. The molecular weight excluding hydrogens is 366 g/mol. The minimum atomic E-state index is 0.456. The monoisotopic (exact) mass is 383 g/mol. The number of nitrogens with zero attached hydrogens (tertiary/aromatic N) is 6. The summed E-state index contributed by atoms with van der Waals surface area (Å²) < 4.78 is 6.91. The molecule has 4 aromatic rings. The first-order chi connectivity index (χ1) is 14.2. The Morgan fingerprint density at radius 1 is 1.07 bits per heavy atom. The number of nitrogens with one attached hydrogen (secondary N) is 1. The van der Waals surface area contributed by atoms with Crippen molar-refractivity contribution in [2.45, 2.75) is 6.92 Å². The van der Waals surface area contributed by atoms with E-state index in [1.54, 1.807) is 35.4 Å². The van der Waals surface area contributed by atoms with Gasteiger partial charge in [-0.15, -0.1) is 0 Å². The summed E-state index contributed by atoms with van der Waals surface area (Å²) in [5.41, 5.74) is 3.72. The SMILES string of the molecule is COc1ccc(-c2ccnc(Nc3ccc(-n4cnc(C)n4)cc3)n2)cc1C#N. The highest BCUT2D eigenvalue weighted by molar-refractivity contribution is 5.66. The molecule has 0 radical (unpaired) electrons. The lowest BCUT2D eigenvalue weighted by Crippen LogP contribution is -1.99. The predicted octanol–water partition coefficient (Wildman–Crippen LogP) is 3.66. The summed E-state index contributed by atoms with van der Waals surface area (Å²) in [6, 6.07) is 17.0. The van der Waals surface area contributed by atoms with Crippen LogP contribution in [0, 0.1) is 18.3 Å². The zero-order valence-corrected chi connectivity index (χ0v) is 15.9. The van der Waals surface area contributed by atoms with Gasteiger partial charge >= 0.3 is 0 Å². The summed E-state index contributed by atoms with van der Waals surface area (Å²) in [6.45, 7) is 1.85. The average molecular weight is 383 g/mol. The maximum Gasteiger partial charge on any atom is 0.227 e. The number of hydrogen-bond donors (Lipinski definition) is 1. The molecule has 8 heteroatoms. The molecule has 0 saturated carbocycles. The van der Waals surface area contributed by atoms with Gasteiger partial charge in [0.15, 0.2) is 0 Å². The van der Waals surface area contributed by atoms with Crippen molar-refractivity contribution < 1.29 is 4.74 Å². The molecule has 2 heterocycles. The number of hydrogen-bond acceptors (Lipinski definition) is 7. The van der Waals surface area contributed by atoms with E-state index < -0.39 is 0 Å². The molecule has 8 nitrogen and oxygen atoms in total. The Balaban J connectivity index is 1.56. The van der Waals surface area contributed by atoms with E-state index >= 15 is 0 Å². The number of methoxy groups -OCH3 is 1. The van der Waals surface area contributed by atoms with Crippen molar-refractivity contribution in [3.05, 3.63) is 72.4 Å². The molecule has 142 valence electrons. The Morgan fingerprint density at radius 3 is 2.59 bits per heavy atom. The molecule has 1 N–H and O–H groups in total. The predicted molar refractivity (Wildman–Crippen MR) is 108 cm³/mol. The Kier molecular flexibility index (Phi) is 4.86. The number of rotatable bonds is 5. The summed E-state index contributed by atoms with van der Waals surface area (Å²) in [7, 11) is 1.54. The molecule has 0 atom stereocenters. The molecule has 0 aliphatic carbocycles. The molecular formula is C21H17N7O. The van der Waals surface area contributed by atoms with Crippen molar-refractivity contribution in [2.24, 2.45) is 0 Å². The van der Waals surface area contributed by atoms with Gasteiger partial charge < -0.3 is 10.1 Å². The fourth-order valence-electron chi connectivity index (χ4n) is 2.83. The van der Waals surface area contributed by atoms with Gasteiger partial charge in [-0.25, -0.2) is 19.6 Å². The van der Waals surface area contributed by atoms with Gasteiger partial charge in [0.05, 0.1) is 24.1 Å². The fourth-order valence-corrected chi connectivity index (χ4v) is 2.83. The highest BCUT2D eigenvalue weighted by Crippen LogP contribution is 2.26. The molecule has 2 aromatic heterocycles. The average Bonchev–Trinajstić information content (AvgIpc) is 3.20. The van der Waals surface area contributed by atoms with E-state index in [9.17, 15) is 5.26 Å². The fraction of sp³-hybridized carbons (Fsp3) is 0.0952. The summed E-state index contributed by atoms with van der Waals surface area (Å²) >= 11 is 0. The first-order valence-electron chi connectivity index (χ1n) is 8.83. The van der Waals surface area contributed by atoms with Crippen molar-refractivity contribution in [1.29, 1.82) is 5.26 Å². The largest absolute Gasteiger partial charge is 0.495 e. The lowest BCUT2D eigenvalue weighted by molar-refractivity contribution is 0.413. The van der Waals surface area contributed by atoms with Crippen molar-refractivity contribution >= 4 is 11.6 Å². The molecule has 2 aromatic carbocycles. The van der Waals surface area contributed by atoms with Gasteiger partial charge in [-0.3, -0.25) is 0 Å². The van der Waals surface area contributed by atoms with E-state index in [4.69, 9.17) is 4.74 Å². The van der Waals surface area contributed by atoms with E-state index in [2.05, 4.69) is 31.4 Å². The number of anilines is 2. The van der Waals surface area contributed by atoms with Crippen molar-refractivity contribution in [3.8, 4) is 28.8 Å². The van der Waals surface area contributed by atoms with Crippen LogP contribution in [0.25, 0.3) is 16.9 Å². The Labute approximate surface area is 167 Å². The maximum atomic E-state index is 9.29. The number of ether oxygens (including phenoxy) is 1. The van der Waals surface area contributed by atoms with E-state index in [-0.39, 0.29) is 0 Å². The normalized spacial score (nSPS) is 10.4.